The van der Waals surface area contributed by atoms with Crippen LogP contribution in [0.5, 0.6) is 0 Å². The normalized spacial score (nSPS) is 12.1. The Morgan fingerprint density at radius 3 is 1.96 bits per heavy atom. The minimum Gasteiger partial charge on any atom is -0.481 e. The molecule has 4 heteroatoms. The quantitative estimate of drug-likeness (QED) is 0.408. The largest absolute Gasteiger partial charge is 0.481 e. The van der Waals surface area contributed by atoms with Gasteiger partial charge >= 0.3 is 5.97 Å². The van der Waals surface area contributed by atoms with E-state index in [-0.39, 0.29) is 18.1 Å². The highest BCUT2D eigenvalue weighted by Gasteiger charge is 2.14. The lowest BCUT2D eigenvalue weighted by Gasteiger charge is -2.13. The summed E-state index contributed by atoms with van der Waals surface area (Å²) in [6, 6.07) is 0. The Balaban J connectivity index is 3.75. The molecule has 0 aromatic rings. The lowest BCUT2D eigenvalue weighted by molar-refractivity contribution is -0.137. The fourth-order valence-electron chi connectivity index (χ4n) is 2.81. The molecule has 0 amide bonds. The third-order valence-corrected chi connectivity index (χ3v) is 4.34. The molecule has 1 N–H and O–H groups in total. The smallest absolute Gasteiger partial charge is 0.303 e. The van der Waals surface area contributed by atoms with Gasteiger partial charge in [-0.1, -0.05) is 39.0 Å². The van der Waals surface area contributed by atoms with E-state index in [0.717, 1.165) is 57.8 Å². The number of rotatable bonds is 16. The van der Waals surface area contributed by atoms with Gasteiger partial charge in [0.2, 0.25) is 0 Å². The fraction of sp³-hybridized carbons (Fsp3) is 0.842. The molecule has 0 radical (unpaired) electrons. The van der Waals surface area contributed by atoms with Crippen LogP contribution in [0.2, 0.25) is 0 Å². The van der Waals surface area contributed by atoms with Gasteiger partial charge in [0.15, 0.2) is 0 Å². The molecule has 0 rings (SSSR count). The Kier molecular flexibility index (Phi) is 13.7. The molecule has 0 aliphatic carbocycles. The summed E-state index contributed by atoms with van der Waals surface area (Å²) < 4.78 is 0. The van der Waals surface area contributed by atoms with Crippen molar-refractivity contribution in [3.63, 3.8) is 0 Å². The van der Waals surface area contributed by atoms with Gasteiger partial charge in [0.05, 0.1) is 0 Å². The van der Waals surface area contributed by atoms with Crippen molar-refractivity contribution in [1.82, 2.24) is 0 Å². The average molecular weight is 326 g/mol. The zero-order valence-corrected chi connectivity index (χ0v) is 14.9. The summed E-state index contributed by atoms with van der Waals surface area (Å²) in [5.41, 5.74) is 0. The van der Waals surface area contributed by atoms with Gasteiger partial charge in [-0.25, -0.2) is 0 Å². The van der Waals surface area contributed by atoms with Crippen molar-refractivity contribution in [3.05, 3.63) is 0 Å². The van der Waals surface area contributed by atoms with Gasteiger partial charge in [-0.05, 0) is 39.0 Å². The van der Waals surface area contributed by atoms with Crippen molar-refractivity contribution in [3.8, 4) is 0 Å². The highest BCUT2D eigenvalue weighted by Crippen LogP contribution is 2.19. The number of ketones is 2. The molecule has 0 aliphatic rings. The zero-order chi connectivity index (χ0) is 17.5. The van der Waals surface area contributed by atoms with Crippen LogP contribution in [0.3, 0.4) is 0 Å². The van der Waals surface area contributed by atoms with E-state index >= 15 is 0 Å². The van der Waals surface area contributed by atoms with Crippen LogP contribution in [0, 0.1) is 5.92 Å². The van der Waals surface area contributed by atoms with E-state index in [0.29, 0.717) is 25.0 Å². The standard InChI is InChI=1S/C19H34O4/c1-3-4-7-13-18(21)14-10-12-17(16(2)20)11-8-5-6-9-15-19(22)23/h17H,3-15H2,1-2H3,(H,22,23). The van der Waals surface area contributed by atoms with Crippen LogP contribution in [-0.2, 0) is 14.4 Å². The zero-order valence-electron chi connectivity index (χ0n) is 14.9. The molecule has 0 bridgehead atoms. The van der Waals surface area contributed by atoms with Crippen LogP contribution in [0.4, 0.5) is 0 Å². The first-order valence-electron chi connectivity index (χ1n) is 9.21. The van der Waals surface area contributed by atoms with Gasteiger partial charge in [0.1, 0.15) is 11.6 Å². The summed E-state index contributed by atoms with van der Waals surface area (Å²) in [5, 5.41) is 8.57. The SMILES string of the molecule is CCCCCC(=O)CCCC(CCCCCCC(=O)O)C(C)=O. The van der Waals surface area contributed by atoms with Crippen molar-refractivity contribution >= 4 is 17.5 Å². The molecule has 0 aliphatic heterocycles. The Bertz CT molecular complexity index is 349. The highest BCUT2D eigenvalue weighted by molar-refractivity contribution is 5.79. The molecule has 23 heavy (non-hydrogen) atoms. The van der Waals surface area contributed by atoms with E-state index in [9.17, 15) is 14.4 Å². The molecule has 134 valence electrons. The lowest BCUT2D eigenvalue weighted by Crippen LogP contribution is -2.12. The van der Waals surface area contributed by atoms with Crippen LogP contribution in [0.15, 0.2) is 0 Å². The Morgan fingerprint density at radius 1 is 0.783 bits per heavy atom. The molecule has 0 aromatic heterocycles. The summed E-state index contributed by atoms with van der Waals surface area (Å²) in [4.78, 5) is 33.8. The molecular weight excluding hydrogens is 292 g/mol. The van der Waals surface area contributed by atoms with Crippen LogP contribution in [0.1, 0.15) is 97.3 Å². The maximum absolute atomic E-state index is 11.7. The summed E-state index contributed by atoms with van der Waals surface area (Å²) in [7, 11) is 0. The number of Topliss-reactive ketones (excluding diaryl/α,β-unsaturated/α-hetero) is 2. The number of hydrogen-bond donors (Lipinski definition) is 1. The predicted octanol–water partition coefficient (Wildman–Crippen LogP) is 4.94. The third kappa shape index (κ3) is 14.2. The molecule has 0 aromatic carbocycles. The van der Waals surface area contributed by atoms with Gasteiger partial charge < -0.3 is 5.11 Å². The van der Waals surface area contributed by atoms with Gasteiger partial charge in [-0.3, -0.25) is 14.4 Å². The monoisotopic (exact) mass is 326 g/mol. The predicted molar refractivity (Wildman–Crippen MR) is 92.5 cm³/mol. The third-order valence-electron chi connectivity index (χ3n) is 4.34. The first-order valence-corrected chi connectivity index (χ1v) is 9.21. The molecule has 0 fully saturated rings. The topological polar surface area (TPSA) is 71.4 Å². The lowest BCUT2D eigenvalue weighted by atomic mass is 9.91. The minimum atomic E-state index is -0.741. The van der Waals surface area contributed by atoms with Crippen molar-refractivity contribution in [1.29, 1.82) is 0 Å². The summed E-state index contributed by atoms with van der Waals surface area (Å²) in [6.45, 7) is 3.77. The van der Waals surface area contributed by atoms with E-state index in [1.54, 1.807) is 6.92 Å². The molecular formula is C19H34O4. The number of unbranched alkanes of at least 4 members (excludes halogenated alkanes) is 5. The van der Waals surface area contributed by atoms with E-state index in [1.165, 1.54) is 0 Å². The fourth-order valence-corrected chi connectivity index (χ4v) is 2.81. The van der Waals surface area contributed by atoms with Crippen molar-refractivity contribution in [2.45, 2.75) is 97.3 Å². The minimum absolute atomic E-state index is 0.0675. The molecule has 4 nitrogen and oxygen atoms in total. The van der Waals surface area contributed by atoms with E-state index in [2.05, 4.69) is 6.92 Å². The van der Waals surface area contributed by atoms with E-state index < -0.39 is 5.97 Å². The molecule has 0 saturated heterocycles. The second kappa shape index (κ2) is 14.4. The molecule has 1 unspecified atom stereocenters. The Morgan fingerprint density at radius 2 is 1.35 bits per heavy atom. The van der Waals surface area contributed by atoms with Gasteiger partial charge in [-0.2, -0.15) is 0 Å². The van der Waals surface area contributed by atoms with Crippen molar-refractivity contribution in [2.24, 2.45) is 5.92 Å². The molecule has 0 spiro atoms. The number of aliphatic carboxylic acids is 1. The average Bonchev–Trinajstić information content (AvgIpc) is 2.48. The maximum atomic E-state index is 11.7. The van der Waals surface area contributed by atoms with E-state index in [4.69, 9.17) is 5.11 Å². The molecule has 0 saturated carbocycles. The molecule has 0 heterocycles. The Hall–Kier alpha value is -1.19. The second-order valence-electron chi connectivity index (χ2n) is 6.54. The van der Waals surface area contributed by atoms with Gasteiger partial charge in [0.25, 0.3) is 0 Å². The number of hydrogen-bond acceptors (Lipinski definition) is 3. The van der Waals surface area contributed by atoms with Crippen LogP contribution in [0.25, 0.3) is 0 Å². The Labute approximate surface area is 141 Å². The molecule has 1 atom stereocenters. The first-order chi connectivity index (χ1) is 11.0. The second-order valence-corrected chi connectivity index (χ2v) is 6.54. The van der Waals surface area contributed by atoms with E-state index in [1.807, 2.05) is 0 Å². The van der Waals surface area contributed by atoms with Gasteiger partial charge in [-0.15, -0.1) is 0 Å². The number of carbonyl (C=O) groups is 3. The van der Waals surface area contributed by atoms with Crippen molar-refractivity contribution < 1.29 is 19.5 Å². The van der Waals surface area contributed by atoms with Crippen LogP contribution in [-0.4, -0.2) is 22.6 Å². The highest BCUT2D eigenvalue weighted by atomic mass is 16.4. The summed E-state index contributed by atoms with van der Waals surface area (Å²) in [6.07, 6.45) is 10.8. The summed E-state index contributed by atoms with van der Waals surface area (Å²) >= 11 is 0. The summed E-state index contributed by atoms with van der Waals surface area (Å²) in [5.74, 6) is -0.128. The number of carboxylic acid groups (broad SMARTS) is 1. The number of carbonyl (C=O) groups excluding carboxylic acids is 2. The first kappa shape index (κ1) is 21.8. The van der Waals surface area contributed by atoms with Gasteiger partial charge in [0, 0.05) is 25.2 Å². The maximum Gasteiger partial charge on any atom is 0.303 e. The number of carboxylic acids is 1. The van der Waals surface area contributed by atoms with Crippen LogP contribution >= 0.6 is 0 Å². The van der Waals surface area contributed by atoms with Crippen LogP contribution < -0.4 is 0 Å². The van der Waals surface area contributed by atoms with Crippen molar-refractivity contribution in [2.75, 3.05) is 0 Å².